The van der Waals surface area contributed by atoms with Gasteiger partial charge in [-0.1, -0.05) is 18.6 Å². The molecule has 1 aliphatic heterocycles. The van der Waals surface area contributed by atoms with Crippen LogP contribution in [-0.4, -0.2) is 69.5 Å². The van der Waals surface area contributed by atoms with Crippen molar-refractivity contribution < 1.29 is 36.9 Å². The molecule has 5 unspecified atom stereocenters. The van der Waals surface area contributed by atoms with Crippen LogP contribution >= 0.6 is 0 Å². The van der Waals surface area contributed by atoms with Gasteiger partial charge in [0.1, 0.15) is 11.3 Å². The predicted octanol–water partition coefficient (Wildman–Crippen LogP) is 3.52. The smallest absolute Gasteiger partial charge is 0.286 e. The molecule has 6 rings (SSSR count). The molecule has 0 saturated heterocycles. The summed E-state index contributed by atoms with van der Waals surface area (Å²) in [6, 6.07) is 13.0. The second-order valence-corrected chi connectivity index (χ2v) is 13.8. The van der Waals surface area contributed by atoms with E-state index in [4.69, 9.17) is 18.6 Å². The molecular formula is C33H38N2O9S. The molecule has 2 saturated carbocycles. The molecule has 3 aliphatic rings. The molecule has 12 heteroatoms. The molecule has 0 radical (unpaired) electrons. The topological polar surface area (TPSA) is 145 Å². The van der Waals surface area contributed by atoms with Crippen molar-refractivity contribution in [3.8, 4) is 5.75 Å². The lowest BCUT2D eigenvalue weighted by Gasteiger charge is -2.31. The van der Waals surface area contributed by atoms with Crippen LogP contribution in [0.25, 0.3) is 11.0 Å². The van der Waals surface area contributed by atoms with Crippen molar-refractivity contribution in [1.82, 2.24) is 9.62 Å². The quantitative estimate of drug-likeness (QED) is 0.305. The van der Waals surface area contributed by atoms with Crippen LogP contribution in [0.1, 0.15) is 43.6 Å². The standard InChI is InChI=1S/C33H38N2O9S/c1-41-24-8-10-25(11-9-24)45(39,40)35(12-14-36)13-15-42-31-19-23(27-20-43-29-5-3-2-4-26(29)32(27)37)18-30(44-31)33(38)34-28-17-21-6-7-22(28)16-21/h2-5,8-11,18,20-23,28,31,36H,6-7,12-17,19H2,1H3,(H,34,38). The molecule has 1 aromatic heterocycles. The van der Waals surface area contributed by atoms with E-state index in [-0.39, 0.29) is 60.8 Å². The van der Waals surface area contributed by atoms with Crippen molar-refractivity contribution in [1.29, 1.82) is 0 Å². The van der Waals surface area contributed by atoms with Crippen molar-refractivity contribution in [3.05, 3.63) is 82.4 Å². The highest BCUT2D eigenvalue weighted by atomic mass is 32.2. The molecule has 1 amide bonds. The lowest BCUT2D eigenvalue weighted by molar-refractivity contribution is -0.147. The summed E-state index contributed by atoms with van der Waals surface area (Å²) in [7, 11) is -2.45. The van der Waals surface area contributed by atoms with E-state index in [2.05, 4.69) is 5.32 Å². The van der Waals surface area contributed by atoms with Crippen molar-refractivity contribution in [2.24, 2.45) is 11.8 Å². The van der Waals surface area contributed by atoms with Crippen LogP contribution in [-0.2, 0) is 24.3 Å². The van der Waals surface area contributed by atoms with Gasteiger partial charge in [0.15, 0.2) is 11.2 Å². The monoisotopic (exact) mass is 638 g/mol. The second-order valence-electron chi connectivity index (χ2n) is 11.9. The average Bonchev–Trinajstić information content (AvgIpc) is 3.68. The maximum Gasteiger partial charge on any atom is 0.286 e. The third kappa shape index (κ3) is 6.64. The minimum atomic E-state index is -3.95. The zero-order valence-electron chi connectivity index (χ0n) is 25.1. The first-order valence-electron chi connectivity index (χ1n) is 15.3. The number of methoxy groups -OCH3 is 1. The van der Waals surface area contributed by atoms with E-state index in [0.717, 1.165) is 23.6 Å². The van der Waals surface area contributed by atoms with Crippen LogP contribution in [0.5, 0.6) is 5.75 Å². The number of benzene rings is 2. The van der Waals surface area contributed by atoms with Crippen LogP contribution in [0.15, 0.2) is 80.7 Å². The maximum absolute atomic E-state index is 13.5. The second kappa shape index (κ2) is 13.3. The highest BCUT2D eigenvalue weighted by Crippen LogP contribution is 2.44. The summed E-state index contributed by atoms with van der Waals surface area (Å²) in [5.41, 5.74) is 0.637. The molecule has 0 spiro atoms. The summed E-state index contributed by atoms with van der Waals surface area (Å²) in [5, 5.41) is 13.2. The van der Waals surface area contributed by atoms with Gasteiger partial charge in [-0.05, 0) is 73.6 Å². The highest BCUT2D eigenvalue weighted by Gasteiger charge is 2.41. The Labute approximate surface area is 261 Å². The van der Waals surface area contributed by atoms with E-state index in [1.54, 1.807) is 42.5 Å². The van der Waals surface area contributed by atoms with Gasteiger partial charge in [0.2, 0.25) is 16.3 Å². The van der Waals surface area contributed by atoms with Gasteiger partial charge in [0, 0.05) is 37.0 Å². The fourth-order valence-corrected chi connectivity index (χ4v) is 8.21. The first-order chi connectivity index (χ1) is 21.8. The van der Waals surface area contributed by atoms with Gasteiger partial charge in [-0.25, -0.2) is 8.42 Å². The number of ether oxygens (including phenoxy) is 3. The molecule has 2 bridgehead atoms. The van der Waals surface area contributed by atoms with E-state index >= 15 is 0 Å². The minimum absolute atomic E-state index is 0.0521. The molecule has 2 fully saturated rings. The summed E-state index contributed by atoms with van der Waals surface area (Å²) in [4.78, 5) is 27.0. The molecular weight excluding hydrogens is 600 g/mol. The molecule has 2 aliphatic carbocycles. The Bertz CT molecular complexity index is 1720. The number of hydrogen-bond acceptors (Lipinski definition) is 9. The van der Waals surface area contributed by atoms with Crippen LogP contribution in [0.4, 0.5) is 0 Å². The van der Waals surface area contributed by atoms with E-state index in [1.165, 1.54) is 31.9 Å². The third-order valence-corrected chi connectivity index (χ3v) is 11.0. The lowest BCUT2D eigenvalue weighted by Crippen LogP contribution is -2.42. The zero-order valence-corrected chi connectivity index (χ0v) is 25.9. The normalized spacial score (nSPS) is 24.4. The number of para-hydroxylation sites is 1. The minimum Gasteiger partial charge on any atom is -0.497 e. The number of hydrogen-bond donors (Lipinski definition) is 2. The Morgan fingerprint density at radius 3 is 2.58 bits per heavy atom. The third-order valence-electron chi connectivity index (χ3n) is 9.13. The van der Waals surface area contributed by atoms with Crippen molar-refractivity contribution in [2.45, 2.75) is 55.2 Å². The zero-order chi connectivity index (χ0) is 31.6. The molecule has 45 heavy (non-hydrogen) atoms. The van der Waals surface area contributed by atoms with Crippen LogP contribution in [0, 0.1) is 11.8 Å². The summed E-state index contributed by atoms with van der Waals surface area (Å²) in [6.45, 7) is -0.680. The number of amides is 1. The first kappa shape index (κ1) is 31.3. The number of fused-ring (bicyclic) bond motifs is 3. The van der Waals surface area contributed by atoms with Crippen LogP contribution in [0.2, 0.25) is 0 Å². The number of rotatable bonds is 12. The van der Waals surface area contributed by atoms with Crippen LogP contribution in [0.3, 0.4) is 0 Å². The van der Waals surface area contributed by atoms with E-state index < -0.39 is 22.2 Å². The summed E-state index contributed by atoms with van der Waals surface area (Å²) >= 11 is 0. The van der Waals surface area contributed by atoms with Crippen molar-refractivity contribution in [2.75, 3.05) is 33.4 Å². The van der Waals surface area contributed by atoms with Gasteiger partial charge in [-0.2, -0.15) is 4.31 Å². The number of nitrogens with zero attached hydrogens (tertiary/aromatic N) is 1. The van der Waals surface area contributed by atoms with E-state index in [0.29, 0.717) is 34.1 Å². The molecule has 2 aromatic carbocycles. The Morgan fingerprint density at radius 1 is 1.07 bits per heavy atom. The lowest BCUT2D eigenvalue weighted by atomic mass is 9.92. The summed E-state index contributed by atoms with van der Waals surface area (Å²) < 4.78 is 50.7. The van der Waals surface area contributed by atoms with Gasteiger partial charge in [0.25, 0.3) is 5.91 Å². The largest absolute Gasteiger partial charge is 0.497 e. The molecule has 11 nitrogen and oxygen atoms in total. The average molecular weight is 639 g/mol. The fraction of sp³-hybridized carbons (Fsp3) is 0.455. The highest BCUT2D eigenvalue weighted by molar-refractivity contribution is 7.89. The molecule has 240 valence electrons. The van der Waals surface area contributed by atoms with Gasteiger partial charge in [-0.3, -0.25) is 9.59 Å². The predicted molar refractivity (Wildman–Crippen MR) is 165 cm³/mol. The summed E-state index contributed by atoms with van der Waals surface area (Å²) in [6.07, 6.45) is 6.72. The Hall–Kier alpha value is -3.71. The SMILES string of the molecule is COc1ccc(S(=O)(=O)N(CCO)CCOC2CC(c3coc4ccccc4c3=O)C=C(C(=O)NC3CC4CCC3C4)O2)cc1. The fourth-order valence-electron chi connectivity index (χ4n) is 6.79. The number of carbonyl (C=O) groups is 1. The number of nitrogens with one attached hydrogen (secondary N) is 1. The van der Waals surface area contributed by atoms with E-state index in [1.807, 2.05) is 0 Å². The number of aliphatic hydroxyl groups excluding tert-OH is 1. The Balaban J connectivity index is 1.19. The number of sulfonamides is 1. The Kier molecular flexibility index (Phi) is 9.27. The molecule has 2 heterocycles. The van der Waals surface area contributed by atoms with E-state index in [9.17, 15) is 23.1 Å². The number of aliphatic hydroxyl groups is 1. The van der Waals surface area contributed by atoms with Gasteiger partial charge >= 0.3 is 0 Å². The van der Waals surface area contributed by atoms with Gasteiger partial charge in [-0.15, -0.1) is 0 Å². The van der Waals surface area contributed by atoms with Gasteiger partial charge in [0.05, 0.1) is 36.9 Å². The first-order valence-corrected chi connectivity index (χ1v) is 16.8. The van der Waals surface area contributed by atoms with Gasteiger partial charge < -0.3 is 29.1 Å². The maximum atomic E-state index is 13.5. The summed E-state index contributed by atoms with van der Waals surface area (Å²) in [5.74, 6) is 0.780. The number of carbonyl (C=O) groups excluding carboxylic acids is 1. The molecule has 2 N–H and O–H groups in total. The van der Waals surface area contributed by atoms with Crippen LogP contribution < -0.4 is 15.5 Å². The molecule has 5 atom stereocenters. The Morgan fingerprint density at radius 2 is 1.87 bits per heavy atom. The number of allylic oxidation sites excluding steroid dienone is 1. The van der Waals surface area contributed by atoms with Crippen molar-refractivity contribution >= 4 is 26.9 Å². The van der Waals surface area contributed by atoms with Crippen molar-refractivity contribution in [3.63, 3.8) is 0 Å². The molecule has 3 aromatic rings.